The molecule has 0 fully saturated rings. The minimum absolute atomic E-state index is 0.338. The summed E-state index contributed by atoms with van der Waals surface area (Å²) < 4.78 is 11.3. The molecule has 2 N–H and O–H groups in total. The van der Waals surface area contributed by atoms with E-state index in [1.165, 1.54) is 0 Å². The average Bonchev–Trinajstić information content (AvgIpc) is 2.24. The van der Waals surface area contributed by atoms with Crippen LogP contribution in [0.2, 0.25) is 0 Å². The van der Waals surface area contributed by atoms with Gasteiger partial charge in [0.1, 0.15) is 0 Å². The van der Waals surface area contributed by atoms with Crippen molar-refractivity contribution in [2.45, 2.75) is 13.5 Å². The second-order valence-corrected chi connectivity index (χ2v) is 3.81. The molecule has 0 amide bonds. The molecule has 0 heterocycles. The fourth-order valence-electron chi connectivity index (χ4n) is 1.33. The van der Waals surface area contributed by atoms with Gasteiger partial charge in [0.05, 0.1) is 25.3 Å². The van der Waals surface area contributed by atoms with Gasteiger partial charge in [0.2, 0.25) is 0 Å². The Balaban J connectivity index is 3.29. The number of halogens is 1. The van der Waals surface area contributed by atoms with E-state index in [0.29, 0.717) is 18.1 Å². The molecular formula is C10H14BrNO3. The summed E-state index contributed by atoms with van der Waals surface area (Å²) in [6, 6.07) is 1.85. The number of hydrogen-bond donors (Lipinski definition) is 1. The first-order valence-corrected chi connectivity index (χ1v) is 5.16. The second-order valence-electron chi connectivity index (χ2n) is 3.02. The summed E-state index contributed by atoms with van der Waals surface area (Å²) in [6.45, 7) is 2.30. The van der Waals surface area contributed by atoms with Gasteiger partial charge >= 0.3 is 0 Å². The molecule has 1 rings (SSSR count). The number of benzene rings is 1. The smallest absolute Gasteiger partial charge is 0.175 e. The third-order valence-corrected chi connectivity index (χ3v) is 3.16. The van der Waals surface area contributed by atoms with Crippen LogP contribution in [0.3, 0.4) is 0 Å². The molecule has 0 radical (unpaired) electrons. The molecule has 15 heavy (non-hydrogen) atoms. The van der Waals surface area contributed by atoms with Gasteiger partial charge in [0.15, 0.2) is 11.5 Å². The van der Waals surface area contributed by atoms with Crippen LogP contribution in [0.4, 0.5) is 0 Å². The molecule has 0 aliphatic rings. The number of rotatable bonds is 4. The summed E-state index contributed by atoms with van der Waals surface area (Å²) in [7, 11) is 3.19. The lowest BCUT2D eigenvalue weighted by atomic mass is 10.1. The zero-order chi connectivity index (χ0) is 11.4. The van der Waals surface area contributed by atoms with Crippen molar-refractivity contribution < 1.29 is 14.3 Å². The van der Waals surface area contributed by atoms with E-state index in [-0.39, 0.29) is 0 Å². The molecule has 0 aromatic heterocycles. The van der Waals surface area contributed by atoms with Crippen molar-refractivity contribution >= 4 is 15.9 Å². The number of ether oxygens (including phenoxy) is 2. The Morgan fingerprint density at radius 3 is 2.47 bits per heavy atom. The van der Waals surface area contributed by atoms with Crippen molar-refractivity contribution in [1.82, 2.24) is 0 Å². The van der Waals surface area contributed by atoms with Crippen LogP contribution in [0.25, 0.3) is 0 Å². The maximum Gasteiger partial charge on any atom is 0.175 e. The minimum Gasteiger partial charge on any atom is -0.493 e. The molecule has 84 valence electrons. The Labute approximate surface area is 97.4 Å². The topological polar surface area (TPSA) is 53.7 Å². The van der Waals surface area contributed by atoms with Gasteiger partial charge in [-0.2, -0.15) is 0 Å². The first-order chi connectivity index (χ1) is 7.15. The highest BCUT2D eigenvalue weighted by molar-refractivity contribution is 9.10. The van der Waals surface area contributed by atoms with Gasteiger partial charge in [0, 0.05) is 0 Å². The lowest BCUT2D eigenvalue weighted by Crippen LogP contribution is -2.03. The van der Waals surface area contributed by atoms with Gasteiger partial charge in [-0.05, 0) is 40.0 Å². The Bertz CT molecular complexity index is 355. The summed E-state index contributed by atoms with van der Waals surface area (Å²) in [5.74, 6) is 6.39. The largest absolute Gasteiger partial charge is 0.493 e. The van der Waals surface area contributed by atoms with Crippen molar-refractivity contribution in [3.8, 4) is 11.5 Å². The fraction of sp³-hybridized carbons (Fsp3) is 0.400. The molecule has 0 unspecified atom stereocenters. The van der Waals surface area contributed by atoms with E-state index in [1.54, 1.807) is 14.2 Å². The molecule has 0 spiro atoms. The molecule has 0 saturated carbocycles. The zero-order valence-corrected chi connectivity index (χ0v) is 10.6. The Hall–Kier alpha value is -0.780. The standard InChI is InChI=1S/C10H14BrNO3/c1-6-7(5-15-12)4-8(13-2)10(14-3)9(6)11/h4H,5,12H2,1-3H3. The van der Waals surface area contributed by atoms with Crippen LogP contribution in [0, 0.1) is 6.92 Å². The van der Waals surface area contributed by atoms with Crippen LogP contribution in [0.1, 0.15) is 11.1 Å². The minimum atomic E-state index is 0.338. The van der Waals surface area contributed by atoms with E-state index in [4.69, 9.17) is 15.4 Å². The number of hydrogen-bond acceptors (Lipinski definition) is 4. The van der Waals surface area contributed by atoms with Gasteiger partial charge in [0.25, 0.3) is 0 Å². The lowest BCUT2D eigenvalue weighted by molar-refractivity contribution is 0.123. The zero-order valence-electron chi connectivity index (χ0n) is 8.96. The Kier molecular flexibility index (Phi) is 4.38. The highest BCUT2D eigenvalue weighted by atomic mass is 79.9. The maximum absolute atomic E-state index is 5.24. The molecule has 0 atom stereocenters. The van der Waals surface area contributed by atoms with Crippen LogP contribution in [-0.2, 0) is 11.4 Å². The number of methoxy groups -OCH3 is 2. The highest BCUT2D eigenvalue weighted by Gasteiger charge is 2.14. The van der Waals surface area contributed by atoms with E-state index < -0.39 is 0 Å². The molecule has 0 bridgehead atoms. The Morgan fingerprint density at radius 1 is 1.33 bits per heavy atom. The normalized spacial score (nSPS) is 10.2. The summed E-state index contributed by atoms with van der Waals surface area (Å²) in [5.41, 5.74) is 1.99. The average molecular weight is 276 g/mol. The van der Waals surface area contributed by atoms with Gasteiger partial charge in [-0.25, -0.2) is 5.90 Å². The van der Waals surface area contributed by atoms with Gasteiger partial charge in [-0.3, -0.25) is 4.84 Å². The van der Waals surface area contributed by atoms with Crippen molar-refractivity contribution in [2.24, 2.45) is 5.90 Å². The van der Waals surface area contributed by atoms with Crippen molar-refractivity contribution in [3.05, 3.63) is 21.7 Å². The van der Waals surface area contributed by atoms with Crippen LogP contribution in [-0.4, -0.2) is 14.2 Å². The van der Waals surface area contributed by atoms with E-state index in [2.05, 4.69) is 20.8 Å². The summed E-state index contributed by atoms with van der Waals surface area (Å²) in [5, 5.41) is 0. The van der Waals surface area contributed by atoms with Crippen molar-refractivity contribution in [3.63, 3.8) is 0 Å². The summed E-state index contributed by atoms with van der Waals surface area (Å²) >= 11 is 3.45. The highest BCUT2D eigenvalue weighted by Crippen LogP contribution is 2.39. The molecule has 1 aromatic carbocycles. The first-order valence-electron chi connectivity index (χ1n) is 4.37. The number of nitrogens with two attached hydrogens (primary N) is 1. The summed E-state index contributed by atoms with van der Waals surface area (Å²) in [4.78, 5) is 4.62. The second kappa shape index (κ2) is 5.34. The lowest BCUT2D eigenvalue weighted by Gasteiger charge is -2.14. The van der Waals surface area contributed by atoms with Gasteiger partial charge < -0.3 is 9.47 Å². The van der Waals surface area contributed by atoms with Gasteiger partial charge in [-0.15, -0.1) is 0 Å². The van der Waals surface area contributed by atoms with Crippen LogP contribution >= 0.6 is 15.9 Å². The molecule has 5 heteroatoms. The monoisotopic (exact) mass is 275 g/mol. The summed E-state index contributed by atoms with van der Waals surface area (Å²) in [6.07, 6.45) is 0. The third-order valence-electron chi connectivity index (χ3n) is 2.20. The van der Waals surface area contributed by atoms with E-state index in [0.717, 1.165) is 15.6 Å². The molecule has 0 saturated heterocycles. The van der Waals surface area contributed by atoms with Crippen LogP contribution in [0.5, 0.6) is 11.5 Å². The SMILES string of the molecule is COc1cc(CON)c(C)c(Br)c1OC. The van der Waals surface area contributed by atoms with E-state index >= 15 is 0 Å². The maximum atomic E-state index is 5.24. The van der Waals surface area contributed by atoms with Crippen molar-refractivity contribution in [2.75, 3.05) is 14.2 Å². The third kappa shape index (κ3) is 2.42. The van der Waals surface area contributed by atoms with E-state index in [9.17, 15) is 0 Å². The first kappa shape index (κ1) is 12.3. The van der Waals surface area contributed by atoms with Crippen LogP contribution in [0.15, 0.2) is 10.5 Å². The van der Waals surface area contributed by atoms with Gasteiger partial charge in [-0.1, -0.05) is 0 Å². The molecule has 0 aliphatic carbocycles. The quantitative estimate of drug-likeness (QED) is 0.856. The van der Waals surface area contributed by atoms with Crippen molar-refractivity contribution in [1.29, 1.82) is 0 Å². The van der Waals surface area contributed by atoms with E-state index in [1.807, 2.05) is 13.0 Å². The molecular weight excluding hydrogens is 262 g/mol. The molecule has 1 aromatic rings. The fourth-order valence-corrected chi connectivity index (χ4v) is 1.94. The molecule has 0 aliphatic heterocycles. The van der Waals surface area contributed by atoms with Crippen LogP contribution < -0.4 is 15.4 Å². The molecule has 4 nitrogen and oxygen atoms in total. The predicted octanol–water partition coefficient (Wildman–Crippen LogP) is 2.17. The predicted molar refractivity (Wildman–Crippen MR) is 61.0 cm³/mol. The Morgan fingerprint density at radius 2 is 2.00 bits per heavy atom.